The monoisotopic (exact) mass is 1210 g/mol. The Morgan fingerprint density at radius 1 is 0.179 bits per heavy atom. The lowest BCUT2D eigenvalue weighted by Crippen LogP contribution is -2.24. The molecule has 0 atom stereocenters. The van der Waals surface area contributed by atoms with E-state index in [1.807, 2.05) is 121 Å². The van der Waals surface area contributed by atoms with Crippen molar-refractivity contribution in [3.63, 3.8) is 0 Å². The summed E-state index contributed by atoms with van der Waals surface area (Å²) < 4.78 is 107. The Bertz CT molecular complexity index is 2900. The number of nitrogens with zero attached hydrogens (tertiary/aromatic N) is 2. The molecule has 0 aliphatic rings. The smallest absolute Gasteiger partial charge is 0.426 e. The molecule has 0 unspecified atom stereocenters. The van der Waals surface area contributed by atoms with Crippen molar-refractivity contribution < 1.29 is 74.1 Å². The fourth-order valence-electron chi connectivity index (χ4n) is 7.83. The van der Waals surface area contributed by atoms with Crippen molar-refractivity contribution in [1.29, 1.82) is 0 Å². The Hall–Kier alpha value is -8.90. The van der Waals surface area contributed by atoms with E-state index in [1.54, 1.807) is 163 Å². The van der Waals surface area contributed by atoms with Crippen LogP contribution in [-0.2, 0) is 0 Å². The minimum Gasteiger partial charge on any atom is -0.493 e. The molecular weight excluding hydrogens is 1150 g/mol. The first-order valence-corrected chi connectivity index (χ1v) is 30.2. The molecule has 0 spiro atoms. The quantitative estimate of drug-likeness (QED) is 0.0392. The number of hydrogen-bond donors (Lipinski definition) is 0. The van der Waals surface area contributed by atoms with E-state index < -0.39 is 34.1 Å². The zero-order chi connectivity index (χ0) is 58.6. The van der Waals surface area contributed by atoms with Crippen molar-refractivity contribution in [1.82, 2.24) is 0 Å². The highest BCUT2D eigenvalue weighted by Gasteiger charge is 2.43. The van der Waals surface area contributed by atoms with Gasteiger partial charge in [0.2, 0.25) is 0 Å². The van der Waals surface area contributed by atoms with Crippen LogP contribution >= 0.6 is 34.1 Å². The number of benzene rings is 9. The molecule has 0 aliphatic heterocycles. The number of methoxy groups -OCH3 is 8. The van der Waals surface area contributed by atoms with Gasteiger partial charge in [-0.3, -0.25) is 0 Å². The first kappa shape index (κ1) is 59.7. The van der Waals surface area contributed by atoms with Crippen LogP contribution in [0.4, 0.5) is 11.4 Å². The van der Waals surface area contributed by atoms with Gasteiger partial charge in [0.05, 0.1) is 68.3 Å². The lowest BCUT2D eigenvalue weighted by Gasteiger charge is -2.36. The Balaban J connectivity index is 1.30. The lowest BCUT2D eigenvalue weighted by atomic mass is 10.3. The van der Waals surface area contributed by atoms with Crippen LogP contribution in [0.2, 0.25) is 0 Å². The van der Waals surface area contributed by atoms with Crippen molar-refractivity contribution >= 4 is 45.5 Å². The van der Waals surface area contributed by atoms with Crippen LogP contribution in [0.15, 0.2) is 218 Å². The molecule has 18 nitrogen and oxygen atoms in total. The minimum absolute atomic E-state index is 0.346. The van der Waals surface area contributed by atoms with Gasteiger partial charge in [0, 0.05) is 0 Å². The predicted octanol–water partition coefficient (Wildman–Crippen LogP) is 16.9. The van der Waals surface area contributed by atoms with Gasteiger partial charge in [0.25, 0.3) is 0 Å². The number of rotatable bonds is 30. The van der Waals surface area contributed by atoms with Gasteiger partial charge in [-0.1, -0.05) is 97.1 Å². The summed E-state index contributed by atoms with van der Waals surface area (Å²) in [6.07, 6.45) is 0. The van der Waals surface area contributed by atoms with Crippen molar-refractivity contribution in [2.45, 2.75) is 0 Å². The molecule has 9 aromatic rings. The third-order valence-electron chi connectivity index (χ3n) is 11.9. The Kier molecular flexibility index (Phi) is 21.2. The van der Waals surface area contributed by atoms with Gasteiger partial charge in [-0.05, 0) is 121 Å². The van der Waals surface area contributed by atoms with Crippen LogP contribution in [0.5, 0.6) is 92.0 Å². The van der Waals surface area contributed by atoms with Gasteiger partial charge in [-0.25, -0.2) is 0 Å². The lowest BCUT2D eigenvalue weighted by molar-refractivity contribution is 0.374. The highest BCUT2D eigenvalue weighted by atomic mass is 31.2. The first-order valence-electron chi connectivity index (χ1n) is 25.7. The van der Waals surface area contributed by atoms with E-state index in [1.165, 1.54) is 0 Å². The van der Waals surface area contributed by atoms with E-state index in [0.717, 1.165) is 0 Å². The molecule has 0 amide bonds. The second kappa shape index (κ2) is 29.9. The zero-order valence-electron chi connectivity index (χ0n) is 47.0. The summed E-state index contributed by atoms with van der Waals surface area (Å²) in [5, 5.41) is 0. The van der Waals surface area contributed by atoms with Crippen molar-refractivity contribution in [2.75, 3.05) is 65.8 Å². The highest BCUT2D eigenvalue weighted by Crippen LogP contribution is 2.65. The predicted molar refractivity (Wildman–Crippen MR) is 328 cm³/mol. The summed E-state index contributed by atoms with van der Waals surface area (Å²) in [6, 6.07) is 65.3. The number of para-hydroxylation sites is 16. The molecule has 0 aliphatic carbocycles. The number of anilines is 2. The molecule has 0 radical (unpaired) electrons. The van der Waals surface area contributed by atoms with Crippen LogP contribution in [0.1, 0.15) is 0 Å². The molecule has 434 valence electrons. The molecule has 0 heterocycles. The third-order valence-corrected chi connectivity index (χ3v) is 18.6. The Morgan fingerprint density at radius 2 is 0.298 bits per heavy atom. The van der Waals surface area contributed by atoms with Crippen LogP contribution in [0.25, 0.3) is 0 Å². The van der Waals surface area contributed by atoms with Gasteiger partial charge in [-0.15, -0.1) is 0 Å². The largest absolute Gasteiger partial charge is 0.493 e. The Labute approximate surface area is 493 Å². The van der Waals surface area contributed by atoms with Gasteiger partial charge in [0.1, 0.15) is 0 Å². The number of ether oxygens (including phenoxy) is 8. The SMILES string of the molecule is COc1ccccc1OP(Oc1ccccc1OC)N(c1ccc(N(P(Oc2ccccc2OC)Oc2ccccc2OC)P(Oc2ccccc2OC)Oc2ccccc2OC)cc1)P(Oc1ccccc1OC)Oc1ccccc1OC. The van der Waals surface area contributed by atoms with E-state index in [-0.39, 0.29) is 0 Å². The van der Waals surface area contributed by atoms with Gasteiger partial charge in [-0.2, -0.15) is 8.88 Å². The fourth-order valence-corrected chi connectivity index (χ4v) is 14.3. The van der Waals surface area contributed by atoms with Crippen molar-refractivity contribution in [3.05, 3.63) is 218 Å². The normalized spacial score (nSPS) is 10.8. The molecule has 9 rings (SSSR count). The van der Waals surface area contributed by atoms with E-state index in [0.29, 0.717) is 103 Å². The molecule has 84 heavy (non-hydrogen) atoms. The van der Waals surface area contributed by atoms with Crippen LogP contribution < -0.4 is 83.0 Å². The average Bonchev–Trinajstić information content (AvgIpc) is 2.62. The summed E-state index contributed by atoms with van der Waals surface area (Å²) in [5.41, 5.74) is 0.929. The topological polar surface area (TPSA) is 154 Å². The summed E-state index contributed by atoms with van der Waals surface area (Å²) in [5.74, 6) is 6.19. The standard InChI is InChI=1S/C62H60N2O16P4/c1-65-47-25-9-17-33-55(47)73-81(74-56-34-18-10-26-48(56)66-2)63(82(75-57-35-19-11-27-49(57)67-3)76-58-36-20-12-28-50(58)68-4)45-41-43-46(44-42-45)64(83(77-59-37-21-13-29-51(59)69-5)78-60-38-22-14-30-52(60)70-6)84(79-61-39-23-15-31-53(61)71-7)80-62-40-24-16-32-54(62)72-8/h9-44H,1-8H3. The van der Waals surface area contributed by atoms with Crippen molar-refractivity contribution in [2.24, 2.45) is 0 Å². The van der Waals surface area contributed by atoms with E-state index in [4.69, 9.17) is 74.1 Å². The Morgan fingerprint density at radius 3 is 0.417 bits per heavy atom. The van der Waals surface area contributed by atoms with Gasteiger partial charge in [0.15, 0.2) is 92.0 Å². The van der Waals surface area contributed by atoms with Crippen LogP contribution in [0.3, 0.4) is 0 Å². The van der Waals surface area contributed by atoms with E-state index in [9.17, 15) is 0 Å². The third kappa shape index (κ3) is 14.6. The maximum absolute atomic E-state index is 7.08. The minimum atomic E-state index is -2.45. The van der Waals surface area contributed by atoms with Gasteiger partial charge < -0.3 is 74.1 Å². The summed E-state index contributed by atoms with van der Waals surface area (Å²) >= 11 is 0. The fraction of sp³-hybridized carbons (Fsp3) is 0.129. The van der Waals surface area contributed by atoms with E-state index >= 15 is 0 Å². The second-order valence-electron chi connectivity index (χ2n) is 17.0. The van der Waals surface area contributed by atoms with Crippen LogP contribution in [-0.4, -0.2) is 56.9 Å². The van der Waals surface area contributed by atoms with Gasteiger partial charge >= 0.3 is 34.1 Å². The van der Waals surface area contributed by atoms with E-state index in [2.05, 4.69) is 0 Å². The molecule has 0 aromatic heterocycles. The molecule has 22 heteroatoms. The molecular formula is C62H60N2O16P4. The molecule has 0 N–H and O–H groups in total. The summed E-state index contributed by atoms with van der Waals surface area (Å²) in [7, 11) is 2.67. The second-order valence-corrected chi connectivity index (χ2v) is 22.6. The molecule has 0 saturated carbocycles. The summed E-state index contributed by atoms with van der Waals surface area (Å²) in [4.78, 5) is 0. The number of hydrogen-bond acceptors (Lipinski definition) is 18. The molecule has 0 bridgehead atoms. The van der Waals surface area contributed by atoms with Crippen LogP contribution in [0, 0.1) is 0 Å². The van der Waals surface area contributed by atoms with Crippen molar-refractivity contribution in [3.8, 4) is 92.0 Å². The maximum Gasteiger partial charge on any atom is 0.426 e. The molecule has 0 saturated heterocycles. The maximum atomic E-state index is 7.08. The molecule has 0 fully saturated rings. The molecule has 9 aromatic carbocycles. The average molecular weight is 1210 g/mol. The first-order chi connectivity index (χ1) is 41.3. The zero-order valence-corrected chi connectivity index (χ0v) is 50.6. The summed E-state index contributed by atoms with van der Waals surface area (Å²) in [6.45, 7) is 0. The highest BCUT2D eigenvalue weighted by molar-refractivity contribution is 7.69.